The molecule has 3 aromatic rings. The van der Waals surface area contributed by atoms with Crippen LogP contribution in [0.1, 0.15) is 23.5 Å². The standard InChI is InChI=1S/C16H18BrN3S/c1-3-20-15-7-5-4-6-11(15)13(19-20)10-14(18-2)16-12(17)8-9-21-16/h4-9,14,18H,3,10H2,1-2H3. The highest BCUT2D eigenvalue weighted by Gasteiger charge is 2.18. The molecule has 0 spiro atoms. The van der Waals surface area contributed by atoms with Crippen molar-refractivity contribution < 1.29 is 0 Å². The van der Waals surface area contributed by atoms with Crippen molar-refractivity contribution in [2.24, 2.45) is 0 Å². The highest BCUT2D eigenvalue weighted by molar-refractivity contribution is 9.10. The molecular formula is C16H18BrN3S. The minimum Gasteiger partial charge on any atom is -0.312 e. The number of benzene rings is 1. The normalized spacial score (nSPS) is 12.9. The number of fused-ring (bicyclic) bond motifs is 1. The Morgan fingerprint density at radius 3 is 2.81 bits per heavy atom. The molecule has 0 aliphatic heterocycles. The van der Waals surface area contributed by atoms with E-state index in [1.165, 1.54) is 20.3 Å². The lowest BCUT2D eigenvalue weighted by atomic mass is 10.1. The monoisotopic (exact) mass is 363 g/mol. The van der Waals surface area contributed by atoms with E-state index in [2.05, 4.69) is 68.6 Å². The van der Waals surface area contributed by atoms with E-state index in [9.17, 15) is 0 Å². The second-order valence-electron chi connectivity index (χ2n) is 4.96. The van der Waals surface area contributed by atoms with Gasteiger partial charge in [0.25, 0.3) is 0 Å². The molecular weight excluding hydrogens is 346 g/mol. The van der Waals surface area contributed by atoms with Crippen LogP contribution in [0.2, 0.25) is 0 Å². The third kappa shape index (κ3) is 2.78. The Labute approximate surface area is 137 Å². The van der Waals surface area contributed by atoms with Crippen LogP contribution in [-0.2, 0) is 13.0 Å². The third-order valence-corrected chi connectivity index (χ3v) is 5.73. The number of para-hydroxylation sites is 1. The van der Waals surface area contributed by atoms with E-state index in [0.717, 1.165) is 18.7 Å². The van der Waals surface area contributed by atoms with Crippen LogP contribution >= 0.6 is 27.3 Å². The molecule has 1 unspecified atom stereocenters. The maximum atomic E-state index is 4.80. The summed E-state index contributed by atoms with van der Waals surface area (Å²) in [4.78, 5) is 1.33. The molecule has 3 nitrogen and oxygen atoms in total. The zero-order valence-corrected chi connectivity index (χ0v) is 14.5. The van der Waals surface area contributed by atoms with Crippen molar-refractivity contribution in [3.05, 3.63) is 50.8 Å². The predicted octanol–water partition coefficient (Wildman–Crippen LogP) is 4.38. The Balaban J connectivity index is 1.99. The van der Waals surface area contributed by atoms with E-state index < -0.39 is 0 Å². The number of nitrogens with one attached hydrogen (secondary N) is 1. The van der Waals surface area contributed by atoms with Crippen LogP contribution in [0.15, 0.2) is 40.2 Å². The number of aromatic nitrogens is 2. The fraction of sp³-hybridized carbons (Fsp3) is 0.312. The Hall–Kier alpha value is -1.17. The van der Waals surface area contributed by atoms with Crippen LogP contribution < -0.4 is 5.32 Å². The molecule has 5 heteroatoms. The molecule has 0 amide bonds. The number of likely N-dealkylation sites (N-methyl/N-ethyl adjacent to an activating group) is 1. The zero-order valence-electron chi connectivity index (χ0n) is 12.1. The van der Waals surface area contributed by atoms with Gasteiger partial charge in [0.15, 0.2) is 0 Å². The maximum Gasteiger partial charge on any atom is 0.0722 e. The van der Waals surface area contributed by atoms with Gasteiger partial charge in [0.05, 0.1) is 11.2 Å². The van der Waals surface area contributed by atoms with Gasteiger partial charge in [-0.3, -0.25) is 4.68 Å². The number of hydrogen-bond acceptors (Lipinski definition) is 3. The Bertz CT molecular complexity index is 747. The summed E-state index contributed by atoms with van der Waals surface area (Å²) >= 11 is 5.41. The number of thiophene rings is 1. The molecule has 0 radical (unpaired) electrons. The summed E-state index contributed by atoms with van der Waals surface area (Å²) in [5.74, 6) is 0. The van der Waals surface area contributed by atoms with Crippen molar-refractivity contribution in [3.63, 3.8) is 0 Å². The van der Waals surface area contributed by atoms with Crippen molar-refractivity contribution in [3.8, 4) is 0 Å². The van der Waals surface area contributed by atoms with Gasteiger partial charge in [-0.15, -0.1) is 11.3 Å². The number of halogens is 1. The SMILES string of the molecule is CCn1nc(CC(NC)c2sccc2Br)c2ccccc21. The van der Waals surface area contributed by atoms with Gasteiger partial charge in [-0.05, 0) is 47.4 Å². The Morgan fingerprint density at radius 2 is 2.14 bits per heavy atom. The maximum absolute atomic E-state index is 4.80. The second-order valence-corrected chi connectivity index (χ2v) is 6.76. The van der Waals surface area contributed by atoms with Gasteiger partial charge in [0.1, 0.15) is 0 Å². The van der Waals surface area contributed by atoms with E-state index in [1.807, 2.05) is 7.05 Å². The molecule has 0 fully saturated rings. The molecule has 110 valence electrons. The Morgan fingerprint density at radius 1 is 1.33 bits per heavy atom. The molecule has 0 saturated heterocycles. The third-order valence-electron chi connectivity index (χ3n) is 3.74. The van der Waals surface area contributed by atoms with Crippen molar-refractivity contribution >= 4 is 38.2 Å². The van der Waals surface area contributed by atoms with Gasteiger partial charge < -0.3 is 5.32 Å². The molecule has 21 heavy (non-hydrogen) atoms. The molecule has 0 aliphatic carbocycles. The predicted molar refractivity (Wildman–Crippen MR) is 92.9 cm³/mol. The fourth-order valence-corrected chi connectivity index (χ4v) is 4.42. The molecule has 1 N–H and O–H groups in total. The highest BCUT2D eigenvalue weighted by atomic mass is 79.9. The van der Waals surface area contributed by atoms with Gasteiger partial charge >= 0.3 is 0 Å². The summed E-state index contributed by atoms with van der Waals surface area (Å²) in [6, 6.07) is 10.9. The van der Waals surface area contributed by atoms with Gasteiger partial charge in [-0.2, -0.15) is 5.10 Å². The van der Waals surface area contributed by atoms with Crippen LogP contribution in [-0.4, -0.2) is 16.8 Å². The first-order valence-corrected chi connectivity index (χ1v) is 8.76. The molecule has 0 aliphatic rings. The Kier molecular flexibility index (Phi) is 4.42. The molecule has 0 saturated carbocycles. The summed E-state index contributed by atoms with van der Waals surface area (Å²) in [5.41, 5.74) is 2.38. The van der Waals surface area contributed by atoms with Crippen molar-refractivity contribution in [1.29, 1.82) is 0 Å². The van der Waals surface area contributed by atoms with Crippen LogP contribution in [0.25, 0.3) is 10.9 Å². The summed E-state index contributed by atoms with van der Waals surface area (Å²) in [5, 5.41) is 11.6. The van der Waals surface area contributed by atoms with Crippen molar-refractivity contribution in [1.82, 2.24) is 15.1 Å². The average molecular weight is 364 g/mol. The summed E-state index contributed by atoms with van der Waals surface area (Å²) < 4.78 is 3.26. The van der Waals surface area contributed by atoms with E-state index in [0.29, 0.717) is 0 Å². The van der Waals surface area contributed by atoms with E-state index in [-0.39, 0.29) is 6.04 Å². The van der Waals surface area contributed by atoms with E-state index >= 15 is 0 Å². The smallest absolute Gasteiger partial charge is 0.0722 e. The minimum atomic E-state index is 0.281. The molecule has 2 aromatic heterocycles. The van der Waals surface area contributed by atoms with Crippen molar-refractivity contribution in [2.45, 2.75) is 25.9 Å². The largest absolute Gasteiger partial charge is 0.312 e. The summed E-state index contributed by atoms with van der Waals surface area (Å²) in [7, 11) is 2.01. The number of rotatable bonds is 5. The van der Waals surface area contributed by atoms with Crippen LogP contribution in [0.4, 0.5) is 0 Å². The first-order valence-electron chi connectivity index (χ1n) is 7.09. The minimum absolute atomic E-state index is 0.281. The van der Waals surface area contributed by atoms with Gasteiger partial charge in [-0.25, -0.2) is 0 Å². The van der Waals surface area contributed by atoms with E-state index in [1.54, 1.807) is 11.3 Å². The summed E-state index contributed by atoms with van der Waals surface area (Å²) in [6.45, 7) is 3.03. The highest BCUT2D eigenvalue weighted by Crippen LogP contribution is 2.32. The molecule has 0 bridgehead atoms. The van der Waals surface area contributed by atoms with Crippen LogP contribution in [0.5, 0.6) is 0 Å². The lowest BCUT2D eigenvalue weighted by molar-refractivity contribution is 0.579. The zero-order chi connectivity index (χ0) is 14.8. The lowest BCUT2D eigenvalue weighted by Crippen LogP contribution is -2.18. The fourth-order valence-electron chi connectivity index (χ4n) is 2.66. The van der Waals surface area contributed by atoms with Gasteiger partial charge in [0, 0.05) is 33.7 Å². The van der Waals surface area contributed by atoms with Crippen molar-refractivity contribution in [2.75, 3.05) is 7.05 Å². The summed E-state index contributed by atoms with van der Waals surface area (Å²) in [6.07, 6.45) is 0.892. The van der Waals surface area contributed by atoms with Crippen LogP contribution in [0, 0.1) is 0 Å². The number of aryl methyl sites for hydroxylation is 1. The second kappa shape index (κ2) is 6.30. The average Bonchev–Trinajstić information content (AvgIpc) is 3.09. The molecule has 3 rings (SSSR count). The topological polar surface area (TPSA) is 29.9 Å². The number of nitrogens with zero attached hydrogens (tertiary/aromatic N) is 2. The van der Waals surface area contributed by atoms with Crippen LogP contribution in [0.3, 0.4) is 0 Å². The first kappa shape index (κ1) is 14.8. The first-order chi connectivity index (χ1) is 10.2. The van der Waals surface area contributed by atoms with E-state index in [4.69, 9.17) is 5.10 Å². The van der Waals surface area contributed by atoms with Gasteiger partial charge in [-0.1, -0.05) is 18.2 Å². The lowest BCUT2D eigenvalue weighted by Gasteiger charge is -2.14. The molecule has 1 atom stereocenters. The number of hydrogen-bond donors (Lipinski definition) is 1. The molecule has 1 aromatic carbocycles. The van der Waals surface area contributed by atoms with Gasteiger partial charge in [0.2, 0.25) is 0 Å². The molecule has 2 heterocycles. The quantitative estimate of drug-likeness (QED) is 0.728.